The van der Waals surface area contributed by atoms with Gasteiger partial charge < -0.3 is 9.15 Å². The Bertz CT molecular complexity index is 829. The molecule has 0 spiro atoms. The first-order valence-corrected chi connectivity index (χ1v) is 9.24. The fourth-order valence-corrected chi connectivity index (χ4v) is 3.81. The van der Waals surface area contributed by atoms with E-state index in [1.54, 1.807) is 18.4 Å². The maximum Gasteiger partial charge on any atom is 0.200 e. The smallest absolute Gasteiger partial charge is 0.200 e. The highest BCUT2D eigenvalue weighted by molar-refractivity contribution is 7.98. The molecule has 0 amide bonds. The van der Waals surface area contributed by atoms with Crippen molar-refractivity contribution >= 4 is 11.8 Å². The Labute approximate surface area is 149 Å². The van der Waals surface area contributed by atoms with Crippen LogP contribution in [0.2, 0.25) is 0 Å². The van der Waals surface area contributed by atoms with Crippen LogP contribution < -0.4 is 0 Å². The molecule has 7 heteroatoms. The minimum absolute atomic E-state index is 0.165. The van der Waals surface area contributed by atoms with Crippen molar-refractivity contribution in [3.8, 4) is 11.6 Å². The zero-order valence-electron chi connectivity index (χ0n) is 13.6. The van der Waals surface area contributed by atoms with Gasteiger partial charge in [0.15, 0.2) is 10.9 Å². The van der Waals surface area contributed by atoms with Crippen LogP contribution in [0.5, 0.6) is 0 Å². The molecule has 1 aromatic carbocycles. The Balaban J connectivity index is 1.57. The third-order valence-electron chi connectivity index (χ3n) is 4.13. The summed E-state index contributed by atoms with van der Waals surface area (Å²) in [5.41, 5.74) is 0.913. The van der Waals surface area contributed by atoms with Crippen LogP contribution in [0.1, 0.15) is 18.4 Å². The average molecular weight is 359 g/mol. The van der Waals surface area contributed by atoms with Crippen LogP contribution in [0, 0.1) is 5.82 Å². The molecule has 1 unspecified atom stereocenters. The largest absolute Gasteiger partial charge is 0.461 e. The number of nitrogens with zero attached hydrogens (tertiary/aromatic N) is 3. The number of ether oxygens (including phenoxy) is 1. The summed E-state index contributed by atoms with van der Waals surface area (Å²) >= 11 is 1.54. The van der Waals surface area contributed by atoms with Gasteiger partial charge >= 0.3 is 0 Å². The lowest BCUT2D eigenvalue weighted by atomic mass is 10.2. The third-order valence-corrected chi connectivity index (χ3v) is 5.16. The van der Waals surface area contributed by atoms with Crippen molar-refractivity contribution in [2.45, 2.75) is 36.4 Å². The highest BCUT2D eigenvalue weighted by atomic mass is 32.2. The van der Waals surface area contributed by atoms with Crippen LogP contribution in [0.4, 0.5) is 4.39 Å². The summed E-state index contributed by atoms with van der Waals surface area (Å²) in [4.78, 5) is 0. The Morgan fingerprint density at radius 3 is 2.96 bits per heavy atom. The summed E-state index contributed by atoms with van der Waals surface area (Å²) in [5, 5.41) is 9.40. The first-order chi connectivity index (χ1) is 12.3. The third kappa shape index (κ3) is 3.77. The highest BCUT2D eigenvalue weighted by Crippen LogP contribution is 2.28. The van der Waals surface area contributed by atoms with Crippen molar-refractivity contribution < 1.29 is 13.5 Å². The summed E-state index contributed by atoms with van der Waals surface area (Å²) in [6, 6.07) is 10.3. The molecule has 1 aliphatic heterocycles. The molecule has 0 bridgehead atoms. The first-order valence-electron chi connectivity index (χ1n) is 8.25. The molecule has 2 aromatic heterocycles. The molecule has 3 heterocycles. The standard InChI is InChI=1S/C18H18FN3O2S/c19-14-5-1-4-13(10-14)12-25-18-21-20-17(16-7-3-9-24-16)22(18)11-15-6-2-8-23-15/h1,3-5,7,9-10,15H,2,6,8,11-12H2. The summed E-state index contributed by atoms with van der Waals surface area (Å²) in [5.74, 6) is 1.78. The van der Waals surface area contributed by atoms with Crippen molar-refractivity contribution in [3.63, 3.8) is 0 Å². The van der Waals surface area contributed by atoms with Gasteiger partial charge in [-0.25, -0.2) is 4.39 Å². The summed E-state index contributed by atoms with van der Waals surface area (Å²) in [7, 11) is 0. The Hall–Kier alpha value is -2.12. The van der Waals surface area contributed by atoms with E-state index in [-0.39, 0.29) is 11.9 Å². The van der Waals surface area contributed by atoms with Gasteiger partial charge in [-0.3, -0.25) is 4.57 Å². The number of furan rings is 1. The number of aromatic nitrogens is 3. The van der Waals surface area contributed by atoms with E-state index in [9.17, 15) is 4.39 Å². The Morgan fingerprint density at radius 1 is 1.24 bits per heavy atom. The fourth-order valence-electron chi connectivity index (χ4n) is 2.91. The molecule has 1 aliphatic rings. The van der Waals surface area contributed by atoms with Gasteiger partial charge in [0, 0.05) is 12.4 Å². The molecule has 1 fully saturated rings. The summed E-state index contributed by atoms with van der Waals surface area (Å²) < 4.78 is 26.7. The van der Waals surface area contributed by atoms with E-state index in [4.69, 9.17) is 9.15 Å². The number of thioether (sulfide) groups is 1. The molecule has 25 heavy (non-hydrogen) atoms. The molecule has 1 atom stereocenters. The van der Waals surface area contributed by atoms with Crippen LogP contribution in [-0.2, 0) is 17.0 Å². The molecule has 0 N–H and O–H groups in total. The monoisotopic (exact) mass is 359 g/mol. The van der Waals surface area contributed by atoms with Gasteiger partial charge in [0.05, 0.1) is 18.9 Å². The Morgan fingerprint density at radius 2 is 2.20 bits per heavy atom. The van der Waals surface area contributed by atoms with E-state index in [0.29, 0.717) is 23.9 Å². The molecule has 0 aliphatic carbocycles. The van der Waals surface area contributed by atoms with Gasteiger partial charge in [0.2, 0.25) is 5.82 Å². The van der Waals surface area contributed by atoms with Gasteiger partial charge in [-0.05, 0) is 42.7 Å². The van der Waals surface area contributed by atoms with Crippen molar-refractivity contribution in [1.29, 1.82) is 0 Å². The fraction of sp³-hybridized carbons (Fsp3) is 0.333. The lowest BCUT2D eigenvalue weighted by Gasteiger charge is -2.14. The first kappa shape index (κ1) is 16.4. The maximum atomic E-state index is 13.4. The topological polar surface area (TPSA) is 53.1 Å². The molecular formula is C18H18FN3O2S. The molecule has 130 valence electrons. The zero-order chi connectivity index (χ0) is 17.1. The second-order valence-corrected chi connectivity index (χ2v) is 6.89. The zero-order valence-corrected chi connectivity index (χ0v) is 14.4. The number of rotatable bonds is 6. The molecule has 0 radical (unpaired) electrons. The quantitative estimate of drug-likeness (QED) is 0.619. The van der Waals surface area contributed by atoms with E-state index in [2.05, 4.69) is 10.2 Å². The van der Waals surface area contributed by atoms with Gasteiger partial charge in [0.1, 0.15) is 5.82 Å². The van der Waals surface area contributed by atoms with Crippen molar-refractivity contribution in [2.75, 3.05) is 6.61 Å². The van der Waals surface area contributed by atoms with E-state index in [1.807, 2.05) is 22.8 Å². The van der Waals surface area contributed by atoms with Crippen LogP contribution in [-0.4, -0.2) is 27.5 Å². The van der Waals surface area contributed by atoms with Crippen molar-refractivity contribution in [3.05, 3.63) is 54.0 Å². The van der Waals surface area contributed by atoms with Crippen LogP contribution in [0.25, 0.3) is 11.6 Å². The van der Waals surface area contributed by atoms with E-state index in [1.165, 1.54) is 17.8 Å². The minimum Gasteiger partial charge on any atom is -0.461 e. The molecule has 1 saturated heterocycles. The van der Waals surface area contributed by atoms with Gasteiger partial charge in [0.25, 0.3) is 0 Å². The lowest BCUT2D eigenvalue weighted by molar-refractivity contribution is 0.0952. The molecule has 3 aromatic rings. The number of hydrogen-bond acceptors (Lipinski definition) is 5. The second-order valence-electron chi connectivity index (χ2n) is 5.95. The van der Waals surface area contributed by atoms with Crippen LogP contribution in [0.3, 0.4) is 0 Å². The lowest BCUT2D eigenvalue weighted by Crippen LogP contribution is -2.16. The minimum atomic E-state index is -0.227. The van der Waals surface area contributed by atoms with E-state index >= 15 is 0 Å². The Kier molecular flexibility index (Phi) is 4.85. The maximum absolute atomic E-state index is 13.4. The SMILES string of the molecule is Fc1cccc(CSc2nnc(-c3ccco3)n2CC2CCCO2)c1. The van der Waals surface area contributed by atoms with Crippen molar-refractivity contribution in [1.82, 2.24) is 14.8 Å². The number of benzene rings is 1. The normalized spacial score (nSPS) is 17.2. The summed E-state index contributed by atoms with van der Waals surface area (Å²) in [6.07, 6.45) is 3.90. The van der Waals surface area contributed by atoms with Crippen LogP contribution >= 0.6 is 11.8 Å². The van der Waals surface area contributed by atoms with E-state index < -0.39 is 0 Å². The molecule has 0 saturated carbocycles. The predicted octanol–water partition coefficient (Wildman–Crippen LogP) is 4.15. The summed E-state index contributed by atoms with van der Waals surface area (Å²) in [6.45, 7) is 1.49. The molecule has 4 rings (SSSR count). The van der Waals surface area contributed by atoms with Gasteiger partial charge in [-0.2, -0.15) is 0 Å². The molecular weight excluding hydrogens is 341 g/mol. The van der Waals surface area contributed by atoms with E-state index in [0.717, 1.165) is 30.2 Å². The average Bonchev–Trinajstić information content (AvgIpc) is 3.36. The predicted molar refractivity (Wildman–Crippen MR) is 92.7 cm³/mol. The van der Waals surface area contributed by atoms with Crippen molar-refractivity contribution in [2.24, 2.45) is 0 Å². The number of halogens is 1. The number of hydrogen-bond donors (Lipinski definition) is 0. The highest BCUT2D eigenvalue weighted by Gasteiger charge is 2.22. The second kappa shape index (κ2) is 7.41. The van der Waals surface area contributed by atoms with Gasteiger partial charge in [-0.1, -0.05) is 23.9 Å². The van der Waals surface area contributed by atoms with Crippen LogP contribution in [0.15, 0.2) is 52.2 Å². The molecule has 5 nitrogen and oxygen atoms in total. The van der Waals surface area contributed by atoms with Gasteiger partial charge in [-0.15, -0.1) is 10.2 Å².